The molecule has 1 amide bonds. The second-order valence-electron chi connectivity index (χ2n) is 7.39. The van der Waals surface area contributed by atoms with Crippen molar-refractivity contribution >= 4 is 23.1 Å². The van der Waals surface area contributed by atoms with Gasteiger partial charge in [0.05, 0.1) is 10.5 Å². The molecule has 0 bridgehead atoms. The summed E-state index contributed by atoms with van der Waals surface area (Å²) in [5, 5.41) is 2.97. The van der Waals surface area contributed by atoms with Crippen LogP contribution in [0, 0.1) is 17.3 Å². The van der Waals surface area contributed by atoms with Gasteiger partial charge in [-0.15, -0.1) is 0 Å². The molecule has 0 radical (unpaired) electrons. The molecule has 4 heteroatoms. The van der Waals surface area contributed by atoms with E-state index in [-0.39, 0.29) is 11.8 Å². The highest BCUT2D eigenvalue weighted by Crippen LogP contribution is 2.39. The van der Waals surface area contributed by atoms with Crippen LogP contribution in [0.15, 0.2) is 0 Å². The fraction of sp³-hybridized carbons (Fsp3) is 0.867. The lowest BCUT2D eigenvalue weighted by Crippen LogP contribution is -2.54. The topological polar surface area (TPSA) is 55.1 Å². The predicted octanol–water partition coefficient (Wildman–Crippen LogP) is 3.02. The number of rotatable bonds is 3. The van der Waals surface area contributed by atoms with Crippen LogP contribution >= 0.6 is 12.2 Å². The molecule has 0 aromatic carbocycles. The van der Waals surface area contributed by atoms with E-state index in [1.165, 1.54) is 0 Å². The summed E-state index contributed by atoms with van der Waals surface area (Å²) in [4.78, 5) is 12.6. The molecule has 0 heterocycles. The Morgan fingerprint density at radius 1 is 1.11 bits per heavy atom. The zero-order valence-electron chi connectivity index (χ0n) is 12.9. The normalized spacial score (nSPS) is 24.9. The Kier molecular flexibility index (Phi) is 4.99. The van der Waals surface area contributed by atoms with Crippen LogP contribution in [0.3, 0.4) is 0 Å². The third-order valence-corrected chi connectivity index (χ3v) is 4.88. The second-order valence-corrected chi connectivity index (χ2v) is 7.83. The maximum absolute atomic E-state index is 12.2. The number of carbonyl (C=O) groups excluding carboxylic acids is 1. The summed E-state index contributed by atoms with van der Waals surface area (Å²) in [6.45, 7) is 10.6. The summed E-state index contributed by atoms with van der Waals surface area (Å²) < 4.78 is 0. The summed E-state index contributed by atoms with van der Waals surface area (Å²) in [5.74, 6) is 0.942. The minimum atomic E-state index is -0.590. The fourth-order valence-electron chi connectivity index (χ4n) is 2.69. The largest absolute Gasteiger partial charge is 0.391 e. The number of hydrogen-bond acceptors (Lipinski definition) is 2. The molecule has 0 atom stereocenters. The molecule has 0 aliphatic heterocycles. The van der Waals surface area contributed by atoms with Gasteiger partial charge in [0, 0.05) is 5.92 Å². The van der Waals surface area contributed by atoms with Gasteiger partial charge in [0.15, 0.2) is 0 Å². The van der Waals surface area contributed by atoms with Gasteiger partial charge in [-0.1, -0.05) is 33.0 Å². The van der Waals surface area contributed by atoms with Crippen LogP contribution in [0.25, 0.3) is 0 Å². The highest BCUT2D eigenvalue weighted by molar-refractivity contribution is 7.80. The smallest absolute Gasteiger partial charge is 0.223 e. The van der Waals surface area contributed by atoms with Crippen LogP contribution < -0.4 is 11.1 Å². The SMILES string of the molecule is CC(C)(NC(=O)C1CCC(C(C)(C)C)CC1)C(N)=S. The molecule has 1 fully saturated rings. The van der Waals surface area contributed by atoms with Gasteiger partial charge in [-0.25, -0.2) is 0 Å². The summed E-state index contributed by atoms with van der Waals surface area (Å²) in [5.41, 5.74) is 5.40. The Labute approximate surface area is 122 Å². The van der Waals surface area contributed by atoms with E-state index in [4.69, 9.17) is 18.0 Å². The lowest BCUT2D eigenvalue weighted by molar-refractivity contribution is -0.127. The maximum Gasteiger partial charge on any atom is 0.223 e. The Bertz CT molecular complexity index is 350. The van der Waals surface area contributed by atoms with E-state index in [9.17, 15) is 4.79 Å². The van der Waals surface area contributed by atoms with Crippen molar-refractivity contribution in [3.8, 4) is 0 Å². The minimum Gasteiger partial charge on any atom is -0.391 e. The number of nitrogens with one attached hydrogen (secondary N) is 1. The number of nitrogens with two attached hydrogens (primary N) is 1. The van der Waals surface area contributed by atoms with Gasteiger partial charge in [-0.05, 0) is 50.9 Å². The van der Waals surface area contributed by atoms with E-state index in [0.717, 1.165) is 31.6 Å². The molecule has 1 aliphatic rings. The Balaban J connectivity index is 2.52. The van der Waals surface area contributed by atoms with Crippen LogP contribution in [0.4, 0.5) is 0 Å². The zero-order valence-corrected chi connectivity index (χ0v) is 13.7. The first kappa shape index (κ1) is 16.4. The first-order valence-electron chi connectivity index (χ1n) is 7.16. The second kappa shape index (κ2) is 5.78. The highest BCUT2D eigenvalue weighted by Gasteiger charge is 2.34. The molecule has 1 aliphatic carbocycles. The molecular weight excluding hydrogens is 256 g/mol. The van der Waals surface area contributed by atoms with Gasteiger partial charge < -0.3 is 11.1 Å². The summed E-state index contributed by atoms with van der Waals surface area (Å²) >= 11 is 4.98. The van der Waals surface area contributed by atoms with Gasteiger partial charge in [-0.3, -0.25) is 4.79 Å². The zero-order chi connectivity index (χ0) is 14.8. The van der Waals surface area contributed by atoms with E-state index in [0.29, 0.717) is 10.4 Å². The van der Waals surface area contributed by atoms with Gasteiger partial charge >= 0.3 is 0 Å². The maximum atomic E-state index is 12.2. The quantitative estimate of drug-likeness (QED) is 0.783. The average Bonchev–Trinajstić information content (AvgIpc) is 2.27. The van der Waals surface area contributed by atoms with Gasteiger partial charge in [0.1, 0.15) is 0 Å². The fourth-order valence-corrected chi connectivity index (χ4v) is 2.74. The summed E-state index contributed by atoms with van der Waals surface area (Å²) in [7, 11) is 0. The lowest BCUT2D eigenvalue weighted by Gasteiger charge is -2.37. The molecule has 19 heavy (non-hydrogen) atoms. The van der Waals surface area contributed by atoms with Gasteiger partial charge in [0.25, 0.3) is 0 Å². The average molecular weight is 284 g/mol. The molecule has 0 aromatic rings. The van der Waals surface area contributed by atoms with E-state index >= 15 is 0 Å². The first-order valence-corrected chi connectivity index (χ1v) is 7.57. The van der Waals surface area contributed by atoms with Crippen LogP contribution in [-0.2, 0) is 4.79 Å². The number of thiocarbonyl (C=S) groups is 1. The summed E-state index contributed by atoms with van der Waals surface area (Å²) in [6.07, 6.45) is 4.21. The minimum absolute atomic E-state index is 0.102. The molecule has 1 rings (SSSR count). The van der Waals surface area contributed by atoms with Crippen molar-refractivity contribution in [3.63, 3.8) is 0 Å². The van der Waals surface area contributed by atoms with Crippen molar-refractivity contribution in [2.24, 2.45) is 23.0 Å². The standard InChI is InChI=1S/C15H28N2OS/c1-14(2,3)11-8-6-10(7-9-11)12(18)17-15(4,5)13(16)19/h10-11H,6-9H2,1-5H3,(H2,16,19)(H,17,18). The molecule has 3 N–H and O–H groups in total. The molecule has 0 saturated heterocycles. The molecule has 110 valence electrons. The molecule has 0 aromatic heterocycles. The molecular formula is C15H28N2OS. The monoisotopic (exact) mass is 284 g/mol. The first-order chi connectivity index (χ1) is 8.54. The van der Waals surface area contributed by atoms with Crippen LogP contribution in [0.1, 0.15) is 60.3 Å². The molecule has 1 saturated carbocycles. The van der Waals surface area contributed by atoms with Crippen molar-refractivity contribution < 1.29 is 4.79 Å². The Morgan fingerprint density at radius 3 is 1.95 bits per heavy atom. The molecule has 3 nitrogen and oxygen atoms in total. The van der Waals surface area contributed by atoms with E-state index in [1.807, 2.05) is 13.8 Å². The third-order valence-electron chi connectivity index (χ3n) is 4.37. The molecule has 0 unspecified atom stereocenters. The summed E-state index contributed by atoms with van der Waals surface area (Å²) in [6, 6.07) is 0. The number of amides is 1. The van der Waals surface area contributed by atoms with Crippen LogP contribution in [0.5, 0.6) is 0 Å². The van der Waals surface area contributed by atoms with Crippen molar-refractivity contribution in [1.82, 2.24) is 5.32 Å². The third kappa shape index (κ3) is 4.44. The van der Waals surface area contributed by atoms with Crippen molar-refractivity contribution in [2.45, 2.75) is 65.8 Å². The van der Waals surface area contributed by atoms with Gasteiger partial charge in [0.2, 0.25) is 5.91 Å². The van der Waals surface area contributed by atoms with Gasteiger partial charge in [-0.2, -0.15) is 0 Å². The number of hydrogen-bond donors (Lipinski definition) is 2. The van der Waals surface area contributed by atoms with E-state index in [1.54, 1.807) is 0 Å². The van der Waals surface area contributed by atoms with E-state index < -0.39 is 5.54 Å². The highest BCUT2D eigenvalue weighted by atomic mass is 32.1. The van der Waals surface area contributed by atoms with Crippen LogP contribution in [0.2, 0.25) is 0 Å². The van der Waals surface area contributed by atoms with Crippen LogP contribution in [-0.4, -0.2) is 16.4 Å². The Morgan fingerprint density at radius 2 is 1.58 bits per heavy atom. The van der Waals surface area contributed by atoms with Crippen molar-refractivity contribution in [2.75, 3.05) is 0 Å². The van der Waals surface area contributed by atoms with Crippen molar-refractivity contribution in [1.29, 1.82) is 0 Å². The Hall–Kier alpha value is -0.640. The van der Waals surface area contributed by atoms with Crippen molar-refractivity contribution in [3.05, 3.63) is 0 Å². The molecule has 0 spiro atoms. The lowest BCUT2D eigenvalue weighted by atomic mass is 9.69. The number of carbonyl (C=O) groups is 1. The van der Waals surface area contributed by atoms with E-state index in [2.05, 4.69) is 26.1 Å². The predicted molar refractivity (Wildman–Crippen MR) is 83.9 cm³/mol.